The number of halogens is 3. The normalized spacial score (nSPS) is 11.6. The number of carbonyl (C=O) groups excluding carboxylic acids is 1. The Morgan fingerprint density at radius 2 is 1.79 bits per heavy atom. The van der Waals surface area contributed by atoms with Gasteiger partial charge < -0.3 is 4.74 Å². The molecule has 5 rings (SSSR count). The van der Waals surface area contributed by atoms with Crippen LogP contribution in [-0.4, -0.2) is 37.6 Å². The van der Waals surface area contributed by atoms with Crippen molar-refractivity contribution >= 4 is 16.9 Å². The number of ether oxygens (including phenoxy) is 1. The molecule has 0 radical (unpaired) electrons. The predicted octanol–water partition coefficient (Wildman–Crippen LogP) is 4.91. The Morgan fingerprint density at radius 1 is 0.974 bits per heavy atom. The lowest BCUT2D eigenvalue weighted by atomic mass is 10.0. The molecule has 11 heteroatoms. The fourth-order valence-electron chi connectivity index (χ4n) is 4.29. The van der Waals surface area contributed by atoms with Crippen LogP contribution in [-0.2, 0) is 30.9 Å². The SMILES string of the molecule is COC(=O)c1ccc(-c2ccc(=O)n(CCc3ccc4ncc(-c5cnn(C)c5)cc4c3)n2)cc1C(F)(F)F. The maximum Gasteiger partial charge on any atom is 0.417 e. The molecule has 0 amide bonds. The Morgan fingerprint density at radius 3 is 2.51 bits per heavy atom. The minimum absolute atomic E-state index is 0.114. The van der Waals surface area contributed by atoms with E-state index in [1.807, 2.05) is 37.5 Å². The minimum atomic E-state index is -4.78. The van der Waals surface area contributed by atoms with E-state index in [-0.39, 0.29) is 23.4 Å². The molecule has 39 heavy (non-hydrogen) atoms. The summed E-state index contributed by atoms with van der Waals surface area (Å²) in [5.41, 5.74) is 1.79. The quantitative estimate of drug-likeness (QED) is 0.288. The number of alkyl halides is 3. The van der Waals surface area contributed by atoms with Crippen LogP contribution in [0.25, 0.3) is 33.3 Å². The summed E-state index contributed by atoms with van der Waals surface area (Å²) in [5.74, 6) is -1.09. The van der Waals surface area contributed by atoms with Gasteiger partial charge in [-0.1, -0.05) is 12.1 Å². The molecule has 2 aromatic carbocycles. The van der Waals surface area contributed by atoms with Crippen LogP contribution in [0, 0.1) is 0 Å². The number of aromatic nitrogens is 5. The largest absolute Gasteiger partial charge is 0.465 e. The van der Waals surface area contributed by atoms with E-state index >= 15 is 0 Å². The zero-order valence-electron chi connectivity index (χ0n) is 20.9. The number of rotatable bonds is 6. The minimum Gasteiger partial charge on any atom is -0.465 e. The summed E-state index contributed by atoms with van der Waals surface area (Å²) in [4.78, 5) is 28.8. The van der Waals surface area contributed by atoms with Crippen molar-refractivity contribution in [3.8, 4) is 22.4 Å². The third-order valence-corrected chi connectivity index (χ3v) is 6.29. The number of pyridine rings is 1. The molecule has 0 saturated carbocycles. The molecule has 5 aromatic rings. The lowest BCUT2D eigenvalue weighted by molar-refractivity contribution is -0.138. The van der Waals surface area contributed by atoms with Gasteiger partial charge in [0.25, 0.3) is 5.56 Å². The molecule has 0 bridgehead atoms. The van der Waals surface area contributed by atoms with Gasteiger partial charge in [0.05, 0.1) is 35.6 Å². The summed E-state index contributed by atoms with van der Waals surface area (Å²) in [5, 5.41) is 9.41. The van der Waals surface area contributed by atoms with Crippen molar-refractivity contribution < 1.29 is 22.7 Å². The number of fused-ring (bicyclic) bond motifs is 1. The van der Waals surface area contributed by atoms with Gasteiger partial charge in [0.2, 0.25) is 0 Å². The lowest BCUT2D eigenvalue weighted by Gasteiger charge is -2.14. The molecule has 0 aliphatic rings. The molecule has 8 nitrogen and oxygen atoms in total. The average Bonchev–Trinajstić information content (AvgIpc) is 3.37. The number of aryl methyl sites for hydroxylation is 3. The van der Waals surface area contributed by atoms with Gasteiger partial charge in [-0.25, -0.2) is 9.48 Å². The monoisotopic (exact) mass is 533 g/mol. The van der Waals surface area contributed by atoms with Gasteiger partial charge in [-0.15, -0.1) is 0 Å². The van der Waals surface area contributed by atoms with Gasteiger partial charge in [-0.3, -0.25) is 14.5 Å². The maximum atomic E-state index is 13.6. The van der Waals surface area contributed by atoms with Gasteiger partial charge >= 0.3 is 12.1 Å². The molecule has 3 heterocycles. The molecule has 0 N–H and O–H groups in total. The van der Waals surface area contributed by atoms with Crippen molar-refractivity contribution in [2.75, 3.05) is 7.11 Å². The highest BCUT2D eigenvalue weighted by Gasteiger charge is 2.36. The highest BCUT2D eigenvalue weighted by molar-refractivity contribution is 5.92. The number of carbonyl (C=O) groups is 1. The molecule has 0 unspecified atom stereocenters. The summed E-state index contributed by atoms with van der Waals surface area (Å²) in [6.07, 6.45) is 1.13. The molecule has 3 aromatic heterocycles. The van der Waals surface area contributed by atoms with Crippen molar-refractivity contribution in [1.29, 1.82) is 0 Å². The first-order valence-electron chi connectivity index (χ1n) is 11.9. The van der Waals surface area contributed by atoms with Crippen LogP contribution >= 0.6 is 0 Å². The first-order valence-corrected chi connectivity index (χ1v) is 11.9. The predicted molar refractivity (Wildman–Crippen MR) is 138 cm³/mol. The van der Waals surface area contributed by atoms with Gasteiger partial charge in [0, 0.05) is 54.1 Å². The van der Waals surface area contributed by atoms with Crippen LogP contribution in [0.15, 0.2) is 78.0 Å². The van der Waals surface area contributed by atoms with Gasteiger partial charge in [0.15, 0.2) is 0 Å². The van der Waals surface area contributed by atoms with Crippen LogP contribution < -0.4 is 5.56 Å². The van der Waals surface area contributed by atoms with Crippen molar-refractivity contribution in [2.45, 2.75) is 19.1 Å². The second kappa shape index (κ2) is 10.2. The summed E-state index contributed by atoms with van der Waals surface area (Å²) in [7, 11) is 2.85. The van der Waals surface area contributed by atoms with Gasteiger partial charge in [0.1, 0.15) is 0 Å². The lowest BCUT2D eigenvalue weighted by Crippen LogP contribution is -2.23. The zero-order chi connectivity index (χ0) is 27.7. The number of benzene rings is 2. The van der Waals surface area contributed by atoms with Crippen LogP contribution in [0.2, 0.25) is 0 Å². The highest BCUT2D eigenvalue weighted by Crippen LogP contribution is 2.35. The van der Waals surface area contributed by atoms with Crippen molar-refractivity contribution in [3.63, 3.8) is 0 Å². The fourth-order valence-corrected chi connectivity index (χ4v) is 4.29. The smallest absolute Gasteiger partial charge is 0.417 e. The van der Waals surface area contributed by atoms with E-state index in [9.17, 15) is 22.8 Å². The Bertz CT molecular complexity index is 1760. The topological polar surface area (TPSA) is 91.9 Å². The molecule has 0 aliphatic carbocycles. The van der Waals surface area contributed by atoms with Gasteiger partial charge in [-0.05, 0) is 48.4 Å². The van der Waals surface area contributed by atoms with Crippen LogP contribution in [0.5, 0.6) is 0 Å². The molecule has 0 atom stereocenters. The second-order valence-electron chi connectivity index (χ2n) is 8.93. The van der Waals surface area contributed by atoms with E-state index in [0.29, 0.717) is 6.42 Å². The number of methoxy groups -OCH3 is 1. The standard InChI is InChI=1S/C28H22F3N5O3/c1-35-16-21(15-33-35)20-12-19-11-17(3-6-24(19)32-14-20)9-10-36-26(37)8-7-25(34-36)18-4-5-22(27(38)39-2)23(13-18)28(29,30)31/h3-8,11-16H,9-10H2,1-2H3. The van der Waals surface area contributed by atoms with E-state index in [1.165, 1.54) is 22.9 Å². The van der Waals surface area contributed by atoms with Crippen molar-refractivity contribution in [1.82, 2.24) is 24.5 Å². The van der Waals surface area contributed by atoms with Crippen LogP contribution in [0.1, 0.15) is 21.5 Å². The second-order valence-corrected chi connectivity index (χ2v) is 8.93. The van der Waals surface area contributed by atoms with E-state index in [1.54, 1.807) is 17.1 Å². The first-order chi connectivity index (χ1) is 18.6. The van der Waals surface area contributed by atoms with Gasteiger partial charge in [-0.2, -0.15) is 23.4 Å². The van der Waals surface area contributed by atoms with Crippen molar-refractivity contribution in [3.05, 3.63) is 100 Å². The molecule has 0 spiro atoms. The van der Waals surface area contributed by atoms with E-state index < -0.39 is 23.3 Å². The molecular weight excluding hydrogens is 511 g/mol. The number of hydrogen-bond donors (Lipinski definition) is 0. The summed E-state index contributed by atoms with van der Waals surface area (Å²) in [6, 6.07) is 13.6. The van der Waals surface area contributed by atoms with E-state index in [2.05, 4.69) is 19.9 Å². The number of nitrogens with zero attached hydrogens (tertiary/aromatic N) is 5. The summed E-state index contributed by atoms with van der Waals surface area (Å²) < 4.78 is 48.3. The molecular formula is C28H22F3N5O3. The summed E-state index contributed by atoms with van der Waals surface area (Å²) >= 11 is 0. The first kappa shape index (κ1) is 25.8. The Balaban J connectivity index is 1.41. The van der Waals surface area contributed by atoms with Crippen LogP contribution in [0.3, 0.4) is 0 Å². The Kier molecular flexibility index (Phi) is 6.73. The molecule has 198 valence electrons. The average molecular weight is 534 g/mol. The van der Waals surface area contributed by atoms with Crippen molar-refractivity contribution in [2.24, 2.45) is 7.05 Å². The molecule has 0 saturated heterocycles. The fraction of sp³-hybridized carbons (Fsp3) is 0.179. The van der Waals surface area contributed by atoms with E-state index in [4.69, 9.17) is 0 Å². The third kappa shape index (κ3) is 5.42. The zero-order valence-corrected chi connectivity index (χ0v) is 20.9. The Hall–Kier alpha value is -4.80. The third-order valence-electron chi connectivity index (χ3n) is 6.29. The number of esters is 1. The molecule has 0 aliphatic heterocycles. The Labute approximate surface area is 220 Å². The molecule has 0 fully saturated rings. The van der Waals surface area contributed by atoms with E-state index in [0.717, 1.165) is 46.8 Å². The summed E-state index contributed by atoms with van der Waals surface area (Å²) in [6.45, 7) is 0.209. The number of hydrogen-bond acceptors (Lipinski definition) is 6. The van der Waals surface area contributed by atoms with Crippen LogP contribution in [0.4, 0.5) is 13.2 Å². The maximum absolute atomic E-state index is 13.6. The highest BCUT2D eigenvalue weighted by atomic mass is 19.4.